The van der Waals surface area contributed by atoms with E-state index < -0.39 is 0 Å². The van der Waals surface area contributed by atoms with Crippen molar-refractivity contribution >= 4 is 22.6 Å². The van der Waals surface area contributed by atoms with E-state index in [1.54, 1.807) is 0 Å². The van der Waals surface area contributed by atoms with Crippen LogP contribution in [-0.4, -0.2) is 12.8 Å². The van der Waals surface area contributed by atoms with Gasteiger partial charge in [-0.05, 0) is 22.4 Å². The molecule has 2 heteroatoms. The first-order valence-corrected chi connectivity index (χ1v) is 5.35. The van der Waals surface area contributed by atoms with Gasteiger partial charge in [0.15, 0.2) is 0 Å². The minimum Gasteiger partial charge on any atom is -0.313 e. The van der Waals surface area contributed by atoms with Gasteiger partial charge < -0.3 is 5.43 Å². The molecule has 0 aliphatic heterocycles. The molecule has 78 valence electrons. The van der Waals surface area contributed by atoms with E-state index in [0.717, 1.165) is 5.71 Å². The first kappa shape index (κ1) is 9.16. The Kier molecular flexibility index (Phi) is 2.00. The molecule has 16 heavy (non-hydrogen) atoms. The molecule has 3 rings (SSSR count). The van der Waals surface area contributed by atoms with Crippen molar-refractivity contribution in [1.29, 1.82) is 0 Å². The van der Waals surface area contributed by atoms with E-state index in [1.807, 2.05) is 13.1 Å². The van der Waals surface area contributed by atoms with Crippen LogP contribution in [0, 0.1) is 0 Å². The second-order valence-electron chi connectivity index (χ2n) is 3.80. The molecule has 2 aromatic carbocycles. The van der Waals surface area contributed by atoms with Crippen LogP contribution in [0.2, 0.25) is 0 Å². The van der Waals surface area contributed by atoms with E-state index in [4.69, 9.17) is 0 Å². The quantitative estimate of drug-likeness (QED) is 0.716. The molecule has 0 fully saturated rings. The zero-order valence-electron chi connectivity index (χ0n) is 9.07. The Labute approximate surface area is 94.3 Å². The maximum atomic E-state index is 4.29. The van der Waals surface area contributed by atoms with Gasteiger partial charge in [0.2, 0.25) is 0 Å². The van der Waals surface area contributed by atoms with Crippen LogP contribution in [0.5, 0.6) is 0 Å². The van der Waals surface area contributed by atoms with Gasteiger partial charge >= 0.3 is 0 Å². The zero-order valence-corrected chi connectivity index (χ0v) is 9.07. The first-order valence-electron chi connectivity index (χ1n) is 5.35. The van der Waals surface area contributed by atoms with Gasteiger partial charge in [0.1, 0.15) is 0 Å². The van der Waals surface area contributed by atoms with Crippen LogP contribution in [0.25, 0.3) is 16.8 Å². The van der Waals surface area contributed by atoms with Gasteiger partial charge in [-0.25, -0.2) is 0 Å². The lowest BCUT2D eigenvalue weighted by Crippen LogP contribution is -2.08. The van der Waals surface area contributed by atoms with Crippen molar-refractivity contribution in [3.05, 3.63) is 53.6 Å². The summed E-state index contributed by atoms with van der Waals surface area (Å²) < 4.78 is 0. The van der Waals surface area contributed by atoms with E-state index in [-0.39, 0.29) is 0 Å². The minimum absolute atomic E-state index is 0.992. The molecular weight excluding hydrogens is 196 g/mol. The molecule has 2 aromatic rings. The molecule has 0 unspecified atom stereocenters. The van der Waals surface area contributed by atoms with Gasteiger partial charge in [-0.2, -0.15) is 5.10 Å². The summed E-state index contributed by atoms with van der Waals surface area (Å²) in [5, 5.41) is 6.85. The second-order valence-corrected chi connectivity index (χ2v) is 3.80. The highest BCUT2D eigenvalue weighted by Gasteiger charge is 2.12. The van der Waals surface area contributed by atoms with Crippen LogP contribution in [0.15, 0.2) is 47.6 Å². The summed E-state index contributed by atoms with van der Waals surface area (Å²) in [7, 11) is 1.82. The summed E-state index contributed by atoms with van der Waals surface area (Å²) in [4.78, 5) is 0. The maximum Gasteiger partial charge on any atom is 0.0908 e. The molecule has 0 heterocycles. The maximum absolute atomic E-state index is 4.29. The fraction of sp³-hybridized carbons (Fsp3) is 0.0714. The molecule has 0 aromatic heterocycles. The molecular formula is C14H12N2. The largest absolute Gasteiger partial charge is 0.313 e. The third-order valence-corrected chi connectivity index (χ3v) is 2.87. The third-order valence-electron chi connectivity index (χ3n) is 2.87. The Morgan fingerprint density at radius 1 is 1.00 bits per heavy atom. The number of rotatable bonds is 1. The summed E-state index contributed by atoms with van der Waals surface area (Å²) in [6.07, 6.45) is 4.17. The number of benzene rings is 2. The van der Waals surface area contributed by atoms with Gasteiger partial charge in [0.05, 0.1) is 5.71 Å². The van der Waals surface area contributed by atoms with Gasteiger partial charge in [-0.3, -0.25) is 0 Å². The summed E-state index contributed by atoms with van der Waals surface area (Å²) in [6.45, 7) is 0. The van der Waals surface area contributed by atoms with Crippen LogP contribution in [-0.2, 0) is 0 Å². The zero-order chi connectivity index (χ0) is 11.0. The number of hydrogen-bond donors (Lipinski definition) is 1. The fourth-order valence-electron chi connectivity index (χ4n) is 2.20. The van der Waals surface area contributed by atoms with Gasteiger partial charge in [-0.15, -0.1) is 0 Å². The van der Waals surface area contributed by atoms with E-state index in [2.05, 4.69) is 53.0 Å². The monoisotopic (exact) mass is 208 g/mol. The molecule has 0 spiro atoms. The average molecular weight is 208 g/mol. The molecule has 1 N–H and O–H groups in total. The molecule has 0 bridgehead atoms. The van der Waals surface area contributed by atoms with Crippen molar-refractivity contribution in [2.45, 2.75) is 0 Å². The molecule has 0 radical (unpaired) electrons. The second kappa shape index (κ2) is 3.49. The highest BCUT2D eigenvalue weighted by Crippen LogP contribution is 2.28. The van der Waals surface area contributed by atoms with E-state index in [1.165, 1.54) is 21.9 Å². The normalized spacial score (nSPS) is 15.7. The molecule has 0 atom stereocenters. The van der Waals surface area contributed by atoms with Gasteiger partial charge in [-0.1, -0.05) is 42.5 Å². The summed E-state index contributed by atoms with van der Waals surface area (Å²) >= 11 is 0. The number of allylic oxidation sites excluding steroid dienone is 1. The van der Waals surface area contributed by atoms with Gasteiger partial charge in [0.25, 0.3) is 0 Å². The molecule has 0 saturated carbocycles. The highest BCUT2D eigenvalue weighted by atomic mass is 15.3. The highest BCUT2D eigenvalue weighted by molar-refractivity contribution is 6.22. The topological polar surface area (TPSA) is 24.4 Å². The van der Waals surface area contributed by atoms with Crippen LogP contribution >= 0.6 is 0 Å². The van der Waals surface area contributed by atoms with Crippen molar-refractivity contribution in [2.75, 3.05) is 7.05 Å². The predicted octanol–water partition coefficient (Wildman–Crippen LogP) is 2.79. The number of hydrazone groups is 1. The molecule has 0 amide bonds. The Morgan fingerprint density at radius 3 is 2.62 bits per heavy atom. The summed E-state index contributed by atoms with van der Waals surface area (Å²) in [5.41, 5.74) is 6.31. The first-order chi connectivity index (χ1) is 7.90. The standard InChI is InChI=1S/C14H12N2/c1-15-16-13-9-8-11-5-2-4-10-6-3-7-12(13)14(10)11/h2-9,15H,1H3. The van der Waals surface area contributed by atoms with Crippen molar-refractivity contribution < 1.29 is 0 Å². The SMILES string of the molecule is CNN=C1C=Cc2cccc3cccc1c23. The van der Waals surface area contributed by atoms with Crippen molar-refractivity contribution in [1.82, 2.24) is 5.43 Å². The summed E-state index contributed by atoms with van der Waals surface area (Å²) in [5.74, 6) is 0. The van der Waals surface area contributed by atoms with Crippen molar-refractivity contribution in [3.63, 3.8) is 0 Å². The third kappa shape index (κ3) is 1.23. The lowest BCUT2D eigenvalue weighted by Gasteiger charge is -2.13. The Morgan fingerprint density at radius 2 is 1.81 bits per heavy atom. The Bertz CT molecular complexity index is 604. The van der Waals surface area contributed by atoms with Gasteiger partial charge in [0, 0.05) is 12.6 Å². The predicted molar refractivity (Wildman–Crippen MR) is 68.6 cm³/mol. The fourth-order valence-corrected chi connectivity index (χ4v) is 2.20. The lowest BCUT2D eigenvalue weighted by molar-refractivity contribution is 0.903. The number of nitrogens with zero attached hydrogens (tertiary/aromatic N) is 1. The summed E-state index contributed by atoms with van der Waals surface area (Å²) in [6, 6.07) is 12.7. The lowest BCUT2D eigenvalue weighted by atomic mass is 9.92. The Balaban J connectivity index is 2.40. The number of nitrogens with one attached hydrogen (secondary N) is 1. The Hall–Kier alpha value is -2.09. The molecule has 0 saturated heterocycles. The smallest absolute Gasteiger partial charge is 0.0908 e. The van der Waals surface area contributed by atoms with Crippen LogP contribution < -0.4 is 5.43 Å². The van der Waals surface area contributed by atoms with Crippen molar-refractivity contribution in [3.8, 4) is 0 Å². The van der Waals surface area contributed by atoms with E-state index in [9.17, 15) is 0 Å². The molecule has 1 aliphatic rings. The van der Waals surface area contributed by atoms with E-state index >= 15 is 0 Å². The molecule has 1 aliphatic carbocycles. The van der Waals surface area contributed by atoms with Crippen LogP contribution in [0.1, 0.15) is 11.1 Å². The average Bonchev–Trinajstić information content (AvgIpc) is 2.33. The van der Waals surface area contributed by atoms with Crippen molar-refractivity contribution in [2.24, 2.45) is 5.10 Å². The molecule has 2 nitrogen and oxygen atoms in total. The minimum atomic E-state index is 0.992. The van der Waals surface area contributed by atoms with E-state index in [0.29, 0.717) is 0 Å². The van der Waals surface area contributed by atoms with Crippen LogP contribution in [0.4, 0.5) is 0 Å². The number of hydrogen-bond acceptors (Lipinski definition) is 2. The van der Waals surface area contributed by atoms with Crippen LogP contribution in [0.3, 0.4) is 0 Å².